The van der Waals surface area contributed by atoms with Crippen LogP contribution in [0.5, 0.6) is 5.75 Å². The zero-order valence-electron chi connectivity index (χ0n) is 12.3. The van der Waals surface area contributed by atoms with Crippen molar-refractivity contribution >= 4 is 11.3 Å². The van der Waals surface area contributed by atoms with Crippen LogP contribution in [0.4, 0.5) is 0 Å². The van der Waals surface area contributed by atoms with Crippen LogP contribution in [0.1, 0.15) is 28.2 Å². The third-order valence-electron chi connectivity index (χ3n) is 3.53. The minimum Gasteiger partial charge on any atom is -0.497 e. The van der Waals surface area contributed by atoms with E-state index in [-0.39, 0.29) is 0 Å². The van der Waals surface area contributed by atoms with E-state index in [1.165, 1.54) is 28.2 Å². The average Bonchev–Trinajstić information content (AvgIpc) is 3.25. The maximum atomic E-state index is 5.78. The van der Waals surface area contributed by atoms with Crippen LogP contribution in [0.15, 0.2) is 36.4 Å². The van der Waals surface area contributed by atoms with E-state index in [9.17, 15) is 0 Å². The molecule has 1 aromatic carbocycles. The van der Waals surface area contributed by atoms with Crippen molar-refractivity contribution in [2.45, 2.75) is 38.6 Å². The van der Waals surface area contributed by atoms with Crippen molar-refractivity contribution in [1.29, 1.82) is 0 Å². The van der Waals surface area contributed by atoms with E-state index in [2.05, 4.69) is 17.4 Å². The summed E-state index contributed by atoms with van der Waals surface area (Å²) in [6.07, 6.45) is 2.67. The molecule has 0 saturated heterocycles. The first-order valence-corrected chi connectivity index (χ1v) is 8.17. The summed E-state index contributed by atoms with van der Waals surface area (Å²) in [6.45, 7) is 2.31. The van der Waals surface area contributed by atoms with Gasteiger partial charge in [0.05, 0.1) is 20.3 Å². The number of hydrogen-bond acceptors (Lipinski definition) is 4. The number of ether oxygens (including phenoxy) is 2. The molecule has 3 nitrogen and oxygen atoms in total. The molecule has 21 heavy (non-hydrogen) atoms. The predicted octanol–water partition coefficient (Wildman–Crippen LogP) is 3.73. The van der Waals surface area contributed by atoms with Crippen LogP contribution < -0.4 is 10.1 Å². The highest BCUT2D eigenvalue weighted by molar-refractivity contribution is 7.11. The van der Waals surface area contributed by atoms with Crippen molar-refractivity contribution < 1.29 is 9.47 Å². The van der Waals surface area contributed by atoms with Gasteiger partial charge in [0.1, 0.15) is 5.75 Å². The van der Waals surface area contributed by atoms with Gasteiger partial charge in [0.2, 0.25) is 0 Å². The lowest BCUT2D eigenvalue weighted by atomic mass is 10.2. The van der Waals surface area contributed by atoms with Crippen LogP contribution >= 0.6 is 11.3 Å². The standard InChI is InChI=1S/C17H21NO2S/c1-19-15-6-2-13(3-7-15)11-20-12-17-9-8-16(21-17)10-18-14-4-5-14/h2-3,6-9,14,18H,4-5,10-12H2,1H3. The van der Waals surface area contributed by atoms with Crippen molar-refractivity contribution in [2.75, 3.05) is 7.11 Å². The lowest BCUT2D eigenvalue weighted by Crippen LogP contribution is -2.14. The highest BCUT2D eigenvalue weighted by atomic mass is 32.1. The van der Waals surface area contributed by atoms with Gasteiger partial charge in [-0.25, -0.2) is 0 Å². The summed E-state index contributed by atoms with van der Waals surface area (Å²) in [5.41, 5.74) is 1.17. The van der Waals surface area contributed by atoms with Gasteiger partial charge in [0.25, 0.3) is 0 Å². The number of rotatable bonds is 8. The van der Waals surface area contributed by atoms with Gasteiger partial charge in [-0.05, 0) is 42.7 Å². The zero-order chi connectivity index (χ0) is 14.5. The molecule has 1 heterocycles. The molecule has 1 fully saturated rings. The van der Waals surface area contributed by atoms with Crippen molar-refractivity contribution in [2.24, 2.45) is 0 Å². The number of methoxy groups -OCH3 is 1. The molecule has 1 aromatic heterocycles. The fourth-order valence-electron chi connectivity index (χ4n) is 2.12. The minimum atomic E-state index is 0.636. The second-order valence-corrected chi connectivity index (χ2v) is 6.62. The molecule has 4 heteroatoms. The molecule has 0 atom stereocenters. The average molecular weight is 303 g/mol. The fraction of sp³-hybridized carbons (Fsp3) is 0.412. The van der Waals surface area contributed by atoms with Crippen LogP contribution in [-0.2, 0) is 24.5 Å². The Kier molecular flexibility index (Phi) is 4.91. The second kappa shape index (κ2) is 7.07. The van der Waals surface area contributed by atoms with Crippen LogP contribution in [0.25, 0.3) is 0 Å². The molecule has 1 aliphatic rings. The topological polar surface area (TPSA) is 30.5 Å². The molecule has 0 amide bonds. The Morgan fingerprint density at radius 3 is 2.52 bits per heavy atom. The molecular weight excluding hydrogens is 282 g/mol. The second-order valence-electron chi connectivity index (χ2n) is 5.36. The van der Waals surface area contributed by atoms with Crippen LogP contribution in [-0.4, -0.2) is 13.2 Å². The van der Waals surface area contributed by atoms with Gasteiger partial charge < -0.3 is 14.8 Å². The summed E-state index contributed by atoms with van der Waals surface area (Å²) in [5, 5.41) is 3.54. The summed E-state index contributed by atoms with van der Waals surface area (Å²) in [4.78, 5) is 2.68. The summed E-state index contributed by atoms with van der Waals surface area (Å²) in [7, 11) is 1.68. The lowest BCUT2D eigenvalue weighted by molar-refractivity contribution is 0.109. The molecule has 0 spiro atoms. The SMILES string of the molecule is COc1ccc(COCc2ccc(CNC3CC3)s2)cc1. The highest BCUT2D eigenvalue weighted by Gasteiger charge is 2.20. The van der Waals surface area contributed by atoms with E-state index in [1.54, 1.807) is 7.11 Å². The van der Waals surface area contributed by atoms with E-state index in [1.807, 2.05) is 35.6 Å². The number of benzene rings is 1. The Hall–Kier alpha value is -1.36. The van der Waals surface area contributed by atoms with Crippen molar-refractivity contribution in [3.05, 3.63) is 51.7 Å². The smallest absolute Gasteiger partial charge is 0.118 e. The maximum Gasteiger partial charge on any atom is 0.118 e. The molecule has 2 aromatic rings. The third-order valence-corrected chi connectivity index (χ3v) is 4.59. The Morgan fingerprint density at radius 1 is 1.05 bits per heavy atom. The first-order valence-electron chi connectivity index (χ1n) is 7.35. The molecule has 0 bridgehead atoms. The molecule has 1 N–H and O–H groups in total. The molecule has 1 saturated carbocycles. The minimum absolute atomic E-state index is 0.636. The van der Waals surface area contributed by atoms with Gasteiger partial charge in [-0.3, -0.25) is 0 Å². The first kappa shape index (κ1) is 14.6. The summed E-state index contributed by atoms with van der Waals surface area (Å²) in [6, 6.07) is 13.1. The van der Waals surface area contributed by atoms with E-state index in [4.69, 9.17) is 9.47 Å². The summed E-state index contributed by atoms with van der Waals surface area (Å²) >= 11 is 1.84. The highest BCUT2D eigenvalue weighted by Crippen LogP contribution is 2.22. The van der Waals surface area contributed by atoms with Crippen LogP contribution in [0.2, 0.25) is 0 Å². The van der Waals surface area contributed by atoms with Crippen molar-refractivity contribution in [1.82, 2.24) is 5.32 Å². The van der Waals surface area contributed by atoms with Gasteiger partial charge in [0.15, 0.2) is 0 Å². The predicted molar refractivity (Wildman–Crippen MR) is 85.7 cm³/mol. The normalized spacial score (nSPS) is 14.3. The summed E-state index contributed by atoms with van der Waals surface area (Å²) < 4.78 is 10.9. The van der Waals surface area contributed by atoms with Crippen LogP contribution in [0.3, 0.4) is 0 Å². The quantitative estimate of drug-likeness (QED) is 0.806. The zero-order valence-corrected chi connectivity index (χ0v) is 13.1. The van der Waals surface area contributed by atoms with Gasteiger partial charge in [0, 0.05) is 22.3 Å². The molecule has 112 valence electrons. The van der Waals surface area contributed by atoms with E-state index in [0.717, 1.165) is 18.3 Å². The Balaban J connectivity index is 1.41. The molecule has 0 aliphatic heterocycles. The van der Waals surface area contributed by atoms with Gasteiger partial charge in [-0.1, -0.05) is 12.1 Å². The van der Waals surface area contributed by atoms with Crippen molar-refractivity contribution in [3.63, 3.8) is 0 Å². The Bertz CT molecular complexity index is 560. The number of hydrogen-bond donors (Lipinski definition) is 1. The monoisotopic (exact) mass is 303 g/mol. The number of nitrogens with one attached hydrogen (secondary N) is 1. The fourth-order valence-corrected chi connectivity index (χ4v) is 3.03. The van der Waals surface area contributed by atoms with E-state index >= 15 is 0 Å². The molecule has 3 rings (SSSR count). The molecule has 1 aliphatic carbocycles. The van der Waals surface area contributed by atoms with E-state index < -0.39 is 0 Å². The van der Waals surface area contributed by atoms with Gasteiger partial charge in [-0.2, -0.15) is 0 Å². The maximum absolute atomic E-state index is 5.78. The van der Waals surface area contributed by atoms with Crippen LogP contribution in [0, 0.1) is 0 Å². The van der Waals surface area contributed by atoms with E-state index in [0.29, 0.717) is 13.2 Å². The third kappa shape index (κ3) is 4.56. The molecule has 0 radical (unpaired) electrons. The Morgan fingerprint density at radius 2 is 1.81 bits per heavy atom. The summed E-state index contributed by atoms with van der Waals surface area (Å²) in [5.74, 6) is 0.879. The van der Waals surface area contributed by atoms with Crippen molar-refractivity contribution in [3.8, 4) is 5.75 Å². The lowest BCUT2D eigenvalue weighted by Gasteiger charge is -2.04. The Labute approximate surface area is 129 Å². The molecule has 0 unspecified atom stereocenters. The largest absolute Gasteiger partial charge is 0.497 e. The van der Waals surface area contributed by atoms with Gasteiger partial charge in [-0.15, -0.1) is 11.3 Å². The van der Waals surface area contributed by atoms with Gasteiger partial charge >= 0.3 is 0 Å². The first-order chi connectivity index (χ1) is 10.3. The number of thiophene rings is 1. The molecular formula is C17H21NO2S.